The Balaban J connectivity index is 2.39. The van der Waals surface area contributed by atoms with Crippen LogP contribution >= 0.6 is 0 Å². The van der Waals surface area contributed by atoms with Gasteiger partial charge in [-0.1, -0.05) is 12.1 Å². The van der Waals surface area contributed by atoms with Crippen molar-refractivity contribution in [2.24, 2.45) is 0 Å². The van der Waals surface area contributed by atoms with Crippen LogP contribution in [-0.4, -0.2) is 46.4 Å². The van der Waals surface area contributed by atoms with E-state index >= 15 is 0 Å². The first kappa shape index (κ1) is 15.6. The Morgan fingerprint density at radius 1 is 1.26 bits per heavy atom. The number of carbonyl (C=O) groups excluding carboxylic acids is 1. The van der Waals surface area contributed by atoms with Gasteiger partial charge in [-0.25, -0.2) is 0 Å². The van der Waals surface area contributed by atoms with Gasteiger partial charge in [0.25, 0.3) is 5.91 Å². The monoisotopic (exact) mass is 266 g/mol. The van der Waals surface area contributed by atoms with E-state index in [-0.39, 0.29) is 12.0 Å². The maximum atomic E-state index is 11.4. The van der Waals surface area contributed by atoms with Crippen LogP contribution in [0, 0.1) is 0 Å². The zero-order valence-corrected chi connectivity index (χ0v) is 11.7. The normalized spacial score (nSPS) is 12.2. The number of carbonyl (C=O) groups is 1. The second-order valence-electron chi connectivity index (χ2n) is 4.22. The third-order valence-corrected chi connectivity index (χ3v) is 2.83. The molecule has 5 nitrogen and oxygen atoms in total. The molecule has 0 spiro atoms. The number of benzene rings is 1. The second kappa shape index (κ2) is 8.63. The van der Waals surface area contributed by atoms with E-state index in [0.717, 1.165) is 18.7 Å². The lowest BCUT2D eigenvalue weighted by Gasteiger charge is -2.15. The van der Waals surface area contributed by atoms with Gasteiger partial charge in [-0.2, -0.15) is 0 Å². The molecule has 1 rings (SSSR count). The summed E-state index contributed by atoms with van der Waals surface area (Å²) in [5.41, 5.74) is 1.79. The zero-order chi connectivity index (χ0) is 14.1. The number of nitrogens with one attached hydrogen (secondary N) is 2. The van der Waals surface area contributed by atoms with Crippen molar-refractivity contribution in [3.05, 3.63) is 35.4 Å². The number of hydrogen-bond donors (Lipinski definition) is 2. The van der Waals surface area contributed by atoms with Crippen LogP contribution in [0.5, 0.6) is 0 Å². The number of rotatable bonds is 8. The topological polar surface area (TPSA) is 59.6 Å². The highest BCUT2D eigenvalue weighted by molar-refractivity contribution is 5.93. The van der Waals surface area contributed by atoms with Gasteiger partial charge in [-0.3, -0.25) is 4.79 Å². The molecule has 0 aliphatic carbocycles. The number of hydrogen-bond acceptors (Lipinski definition) is 4. The molecule has 106 valence electrons. The molecule has 5 heteroatoms. The van der Waals surface area contributed by atoms with E-state index in [1.807, 2.05) is 24.3 Å². The Morgan fingerprint density at radius 3 is 2.47 bits per heavy atom. The summed E-state index contributed by atoms with van der Waals surface area (Å²) in [4.78, 5) is 11.4. The average Bonchev–Trinajstić information content (AvgIpc) is 2.46. The maximum Gasteiger partial charge on any atom is 0.251 e. The molecule has 0 saturated carbocycles. The minimum atomic E-state index is -0.0703. The molecule has 0 radical (unpaired) electrons. The Morgan fingerprint density at radius 2 is 1.95 bits per heavy atom. The second-order valence-corrected chi connectivity index (χ2v) is 4.22. The minimum Gasteiger partial charge on any atom is -0.382 e. The minimum absolute atomic E-state index is 0.0511. The molecule has 0 aromatic heterocycles. The van der Waals surface area contributed by atoms with Crippen molar-refractivity contribution in [2.45, 2.75) is 12.6 Å². The molecule has 1 atom stereocenters. The van der Waals surface area contributed by atoms with Gasteiger partial charge < -0.3 is 20.1 Å². The van der Waals surface area contributed by atoms with Crippen LogP contribution < -0.4 is 10.6 Å². The highest BCUT2D eigenvalue weighted by atomic mass is 16.5. The molecule has 1 unspecified atom stereocenters. The van der Waals surface area contributed by atoms with Crippen LogP contribution in [0.4, 0.5) is 0 Å². The van der Waals surface area contributed by atoms with Gasteiger partial charge in [0.2, 0.25) is 0 Å². The Bertz CT molecular complexity index is 379. The van der Waals surface area contributed by atoms with E-state index in [9.17, 15) is 4.79 Å². The van der Waals surface area contributed by atoms with E-state index in [4.69, 9.17) is 9.47 Å². The fourth-order valence-electron chi connectivity index (χ4n) is 1.69. The highest BCUT2D eigenvalue weighted by Crippen LogP contribution is 2.04. The summed E-state index contributed by atoms with van der Waals surface area (Å²) >= 11 is 0. The molecule has 0 heterocycles. The van der Waals surface area contributed by atoms with Gasteiger partial charge in [-0.15, -0.1) is 0 Å². The summed E-state index contributed by atoms with van der Waals surface area (Å²) < 4.78 is 10.3. The molecule has 0 aliphatic heterocycles. The number of methoxy groups -OCH3 is 2. The van der Waals surface area contributed by atoms with E-state index < -0.39 is 0 Å². The summed E-state index contributed by atoms with van der Waals surface area (Å²) in [6.45, 7) is 2.03. The van der Waals surface area contributed by atoms with E-state index in [0.29, 0.717) is 12.2 Å². The van der Waals surface area contributed by atoms with E-state index in [1.54, 1.807) is 21.3 Å². The van der Waals surface area contributed by atoms with Crippen LogP contribution in [0.1, 0.15) is 15.9 Å². The SMILES string of the molecule is CNC(=O)c1ccc(CNCC(COC)OC)cc1. The first-order valence-corrected chi connectivity index (χ1v) is 6.24. The first-order chi connectivity index (χ1) is 9.21. The fraction of sp³-hybridized carbons (Fsp3) is 0.500. The zero-order valence-electron chi connectivity index (χ0n) is 11.7. The predicted octanol–water partition coefficient (Wildman–Crippen LogP) is 0.797. The first-order valence-electron chi connectivity index (χ1n) is 6.24. The van der Waals surface area contributed by atoms with Crippen molar-refractivity contribution in [3.8, 4) is 0 Å². The Hall–Kier alpha value is -1.43. The lowest BCUT2D eigenvalue weighted by molar-refractivity contribution is 0.0288. The molecule has 2 N–H and O–H groups in total. The summed E-state index contributed by atoms with van der Waals surface area (Å²) in [5.74, 6) is -0.0703. The van der Waals surface area contributed by atoms with E-state index in [1.165, 1.54) is 0 Å². The van der Waals surface area contributed by atoms with Gasteiger partial charge in [-0.05, 0) is 17.7 Å². The van der Waals surface area contributed by atoms with Gasteiger partial charge >= 0.3 is 0 Å². The quantitative estimate of drug-likeness (QED) is 0.730. The van der Waals surface area contributed by atoms with E-state index in [2.05, 4.69) is 10.6 Å². The van der Waals surface area contributed by atoms with Crippen LogP contribution in [0.25, 0.3) is 0 Å². The Kier molecular flexibility index (Phi) is 7.10. The summed E-state index contributed by atoms with van der Waals surface area (Å²) in [5, 5.41) is 5.89. The van der Waals surface area contributed by atoms with Gasteiger partial charge in [0.1, 0.15) is 0 Å². The molecule has 0 aliphatic rings. The van der Waals surface area contributed by atoms with Crippen molar-refractivity contribution < 1.29 is 14.3 Å². The van der Waals surface area contributed by atoms with Crippen LogP contribution in [-0.2, 0) is 16.0 Å². The largest absolute Gasteiger partial charge is 0.382 e. The van der Waals surface area contributed by atoms with Crippen molar-refractivity contribution >= 4 is 5.91 Å². The summed E-state index contributed by atoms with van der Waals surface area (Å²) in [7, 11) is 4.95. The van der Waals surface area contributed by atoms with Gasteiger partial charge in [0.05, 0.1) is 12.7 Å². The number of ether oxygens (including phenoxy) is 2. The molecular formula is C14H22N2O3. The lowest BCUT2D eigenvalue weighted by Crippen LogP contribution is -2.31. The molecular weight excluding hydrogens is 244 g/mol. The summed E-state index contributed by atoms with van der Waals surface area (Å²) in [6, 6.07) is 7.52. The van der Waals surface area contributed by atoms with Gasteiger partial charge in [0, 0.05) is 39.9 Å². The molecule has 0 bridgehead atoms. The molecule has 1 aromatic rings. The van der Waals surface area contributed by atoms with Crippen LogP contribution in [0.2, 0.25) is 0 Å². The van der Waals surface area contributed by atoms with Crippen LogP contribution in [0.15, 0.2) is 24.3 Å². The van der Waals surface area contributed by atoms with Crippen LogP contribution in [0.3, 0.4) is 0 Å². The molecule has 1 amide bonds. The van der Waals surface area contributed by atoms with Crippen molar-refractivity contribution in [2.75, 3.05) is 34.4 Å². The Labute approximate surface area is 114 Å². The smallest absolute Gasteiger partial charge is 0.251 e. The average molecular weight is 266 g/mol. The molecule has 0 saturated heterocycles. The van der Waals surface area contributed by atoms with Crippen molar-refractivity contribution in [3.63, 3.8) is 0 Å². The molecule has 19 heavy (non-hydrogen) atoms. The van der Waals surface area contributed by atoms with Crippen molar-refractivity contribution in [1.82, 2.24) is 10.6 Å². The predicted molar refractivity (Wildman–Crippen MR) is 74.2 cm³/mol. The van der Waals surface area contributed by atoms with Crippen molar-refractivity contribution in [1.29, 1.82) is 0 Å². The fourth-order valence-corrected chi connectivity index (χ4v) is 1.69. The van der Waals surface area contributed by atoms with Gasteiger partial charge in [0.15, 0.2) is 0 Å². The highest BCUT2D eigenvalue weighted by Gasteiger charge is 2.06. The summed E-state index contributed by atoms with van der Waals surface area (Å²) in [6.07, 6.45) is 0.0511. The standard InChI is InChI=1S/C14H22N2O3/c1-15-14(17)12-6-4-11(5-7-12)8-16-9-13(19-3)10-18-2/h4-7,13,16H,8-10H2,1-3H3,(H,15,17). The third-order valence-electron chi connectivity index (χ3n) is 2.83. The lowest BCUT2D eigenvalue weighted by atomic mass is 10.1. The maximum absolute atomic E-state index is 11.4. The molecule has 1 aromatic carbocycles. The molecule has 0 fully saturated rings. The third kappa shape index (κ3) is 5.38. The number of amides is 1.